The lowest BCUT2D eigenvalue weighted by atomic mass is 10.0. The van der Waals surface area contributed by atoms with Crippen molar-refractivity contribution in [2.24, 2.45) is 0 Å². The van der Waals surface area contributed by atoms with Crippen molar-refractivity contribution in [2.75, 3.05) is 31.4 Å². The summed E-state index contributed by atoms with van der Waals surface area (Å²) in [5, 5.41) is 0. The second kappa shape index (κ2) is 8.72. The summed E-state index contributed by atoms with van der Waals surface area (Å²) >= 11 is 1.54. The minimum absolute atomic E-state index is 0.0831. The van der Waals surface area contributed by atoms with E-state index in [-0.39, 0.29) is 11.8 Å². The first-order valence-electron chi connectivity index (χ1n) is 11.1. The summed E-state index contributed by atoms with van der Waals surface area (Å²) in [7, 11) is 3.22. The van der Waals surface area contributed by atoms with E-state index in [1.54, 1.807) is 48.3 Å². The van der Waals surface area contributed by atoms with E-state index in [4.69, 9.17) is 9.47 Å². The van der Waals surface area contributed by atoms with Crippen LogP contribution >= 0.6 is 11.8 Å². The topological polar surface area (TPSA) is 59.1 Å². The average molecular weight is 475 g/mol. The van der Waals surface area contributed by atoms with Crippen LogP contribution in [0.25, 0.3) is 0 Å². The highest BCUT2D eigenvalue weighted by atomic mass is 32.2. The van der Waals surface area contributed by atoms with Crippen molar-refractivity contribution >= 4 is 29.3 Å². The van der Waals surface area contributed by atoms with E-state index in [0.717, 1.165) is 28.1 Å². The standard InChI is InChI=1S/C27H26N2O4S/c1-18-7-12-24-23(15-18)27(26(31)28(24)17-19-5-4-6-22(16-19)33-3)29(13-14-34-27)25(30)20-8-10-21(32-2)11-9-20/h4-12,15-16H,13-14,17H2,1-3H3/t27-/m0/s1. The molecule has 34 heavy (non-hydrogen) atoms. The van der Waals surface area contributed by atoms with Gasteiger partial charge in [-0.15, -0.1) is 11.8 Å². The normalized spacial score (nSPS) is 19.0. The van der Waals surface area contributed by atoms with Crippen LogP contribution < -0.4 is 14.4 Å². The van der Waals surface area contributed by atoms with Gasteiger partial charge < -0.3 is 19.3 Å². The van der Waals surface area contributed by atoms with Crippen LogP contribution in [0.5, 0.6) is 11.5 Å². The monoisotopic (exact) mass is 474 g/mol. The highest BCUT2D eigenvalue weighted by molar-refractivity contribution is 8.01. The van der Waals surface area contributed by atoms with Crippen molar-refractivity contribution in [1.29, 1.82) is 0 Å². The summed E-state index contributed by atoms with van der Waals surface area (Å²) in [6, 6.07) is 20.8. The van der Waals surface area contributed by atoms with Crippen LogP contribution in [0.3, 0.4) is 0 Å². The predicted molar refractivity (Wildman–Crippen MR) is 134 cm³/mol. The SMILES string of the molecule is COc1ccc(C(=O)N2CCS[C@@]23C(=O)N(Cc2cccc(OC)c2)c2ccc(C)cc23)cc1. The number of ether oxygens (including phenoxy) is 2. The molecule has 2 aliphatic rings. The lowest BCUT2D eigenvalue weighted by Gasteiger charge is -2.33. The van der Waals surface area contributed by atoms with Crippen LogP contribution in [0.1, 0.15) is 27.0 Å². The Bertz CT molecular complexity index is 1260. The number of aryl methyl sites for hydroxylation is 1. The molecular weight excluding hydrogens is 448 g/mol. The number of rotatable bonds is 5. The van der Waals surface area contributed by atoms with Gasteiger partial charge in [-0.25, -0.2) is 0 Å². The molecule has 1 spiro atoms. The predicted octanol–water partition coefficient (Wildman–Crippen LogP) is 4.60. The number of methoxy groups -OCH3 is 2. The van der Waals surface area contributed by atoms with Crippen LogP contribution in [-0.4, -0.2) is 43.2 Å². The molecule has 0 aliphatic carbocycles. The number of hydrogen-bond donors (Lipinski definition) is 0. The molecule has 2 amide bonds. The zero-order chi connectivity index (χ0) is 23.9. The minimum Gasteiger partial charge on any atom is -0.497 e. The van der Waals surface area contributed by atoms with Crippen LogP contribution in [0.4, 0.5) is 5.69 Å². The molecule has 1 fully saturated rings. The maximum absolute atomic E-state index is 14.2. The van der Waals surface area contributed by atoms with Gasteiger partial charge in [-0.2, -0.15) is 0 Å². The highest BCUT2D eigenvalue weighted by Crippen LogP contribution is 2.55. The molecule has 174 valence electrons. The Balaban J connectivity index is 1.56. The third-order valence-electron chi connectivity index (χ3n) is 6.41. The van der Waals surface area contributed by atoms with E-state index < -0.39 is 4.87 Å². The Kier molecular flexibility index (Phi) is 5.73. The number of fused-ring (bicyclic) bond motifs is 2. The first kappa shape index (κ1) is 22.3. The molecule has 3 aromatic carbocycles. The quantitative estimate of drug-likeness (QED) is 0.541. The highest BCUT2D eigenvalue weighted by Gasteiger charge is 2.59. The van der Waals surface area contributed by atoms with Crippen molar-refractivity contribution in [3.05, 3.63) is 89.0 Å². The Morgan fingerprint density at radius 1 is 1.00 bits per heavy atom. The largest absolute Gasteiger partial charge is 0.497 e. The molecule has 1 saturated heterocycles. The molecular formula is C27H26N2O4S. The molecule has 0 bridgehead atoms. The Morgan fingerprint density at radius 2 is 1.76 bits per heavy atom. The molecule has 0 saturated carbocycles. The van der Waals surface area contributed by atoms with E-state index in [9.17, 15) is 9.59 Å². The number of carbonyl (C=O) groups is 2. The van der Waals surface area contributed by atoms with Gasteiger partial charge >= 0.3 is 0 Å². The summed E-state index contributed by atoms with van der Waals surface area (Å²) in [5.74, 6) is 1.88. The molecule has 2 aliphatic heterocycles. The summed E-state index contributed by atoms with van der Waals surface area (Å²) in [6.07, 6.45) is 0. The molecule has 3 aromatic rings. The summed E-state index contributed by atoms with van der Waals surface area (Å²) < 4.78 is 10.6. The van der Waals surface area contributed by atoms with E-state index in [1.807, 2.05) is 49.4 Å². The Hall–Kier alpha value is -3.45. The van der Waals surface area contributed by atoms with Gasteiger partial charge in [0.25, 0.3) is 11.8 Å². The number of hydrogen-bond acceptors (Lipinski definition) is 5. The number of amides is 2. The third kappa shape index (κ3) is 3.51. The van der Waals surface area contributed by atoms with Crippen LogP contribution in [-0.2, 0) is 16.2 Å². The number of nitrogens with zero attached hydrogens (tertiary/aromatic N) is 2. The molecule has 1 atom stereocenters. The third-order valence-corrected chi connectivity index (χ3v) is 7.83. The zero-order valence-corrected chi connectivity index (χ0v) is 20.2. The lowest BCUT2D eigenvalue weighted by molar-refractivity contribution is -0.123. The van der Waals surface area contributed by atoms with Gasteiger partial charge in [-0.3, -0.25) is 9.59 Å². The molecule has 5 rings (SSSR count). The van der Waals surface area contributed by atoms with Crippen LogP contribution in [0.2, 0.25) is 0 Å². The second-order valence-corrected chi connectivity index (χ2v) is 9.73. The van der Waals surface area contributed by atoms with Crippen molar-refractivity contribution in [1.82, 2.24) is 4.90 Å². The number of benzene rings is 3. The maximum atomic E-state index is 14.2. The lowest BCUT2D eigenvalue weighted by Crippen LogP contribution is -2.50. The second-order valence-electron chi connectivity index (χ2n) is 8.44. The van der Waals surface area contributed by atoms with Crippen molar-refractivity contribution in [3.63, 3.8) is 0 Å². The van der Waals surface area contributed by atoms with E-state index >= 15 is 0 Å². The molecule has 0 unspecified atom stereocenters. The smallest absolute Gasteiger partial charge is 0.268 e. The molecule has 7 heteroatoms. The van der Waals surface area contributed by atoms with Crippen molar-refractivity contribution < 1.29 is 19.1 Å². The van der Waals surface area contributed by atoms with Crippen LogP contribution in [0.15, 0.2) is 66.7 Å². The fourth-order valence-electron chi connectivity index (χ4n) is 4.73. The molecule has 0 N–H and O–H groups in total. The van der Waals surface area contributed by atoms with Gasteiger partial charge in [0, 0.05) is 23.4 Å². The maximum Gasteiger partial charge on any atom is 0.268 e. The van der Waals surface area contributed by atoms with Crippen molar-refractivity contribution in [2.45, 2.75) is 18.3 Å². The molecule has 6 nitrogen and oxygen atoms in total. The fourth-order valence-corrected chi connectivity index (χ4v) is 6.18. The summed E-state index contributed by atoms with van der Waals surface area (Å²) in [5.41, 5.74) is 4.28. The van der Waals surface area contributed by atoms with Gasteiger partial charge in [-0.1, -0.05) is 29.8 Å². The van der Waals surface area contributed by atoms with Gasteiger partial charge in [0.05, 0.1) is 26.5 Å². The molecule has 0 radical (unpaired) electrons. The van der Waals surface area contributed by atoms with Crippen molar-refractivity contribution in [3.8, 4) is 11.5 Å². The minimum atomic E-state index is -1.07. The zero-order valence-electron chi connectivity index (χ0n) is 19.4. The first-order chi connectivity index (χ1) is 16.5. The molecule has 0 aromatic heterocycles. The van der Waals surface area contributed by atoms with Gasteiger partial charge in [0.15, 0.2) is 4.87 Å². The van der Waals surface area contributed by atoms with E-state index in [2.05, 4.69) is 0 Å². The van der Waals surface area contributed by atoms with Gasteiger partial charge in [-0.05, 0) is 55.0 Å². The van der Waals surface area contributed by atoms with Crippen LogP contribution in [0, 0.1) is 6.92 Å². The average Bonchev–Trinajstić information content (AvgIpc) is 3.41. The summed E-state index contributed by atoms with van der Waals surface area (Å²) in [6.45, 7) is 2.92. The van der Waals surface area contributed by atoms with Gasteiger partial charge in [0.1, 0.15) is 11.5 Å². The number of carbonyl (C=O) groups excluding carboxylic acids is 2. The Labute approximate surface area is 203 Å². The molecule has 2 heterocycles. The first-order valence-corrected chi connectivity index (χ1v) is 12.1. The van der Waals surface area contributed by atoms with Gasteiger partial charge in [0.2, 0.25) is 0 Å². The van der Waals surface area contributed by atoms with E-state index in [0.29, 0.717) is 30.2 Å². The number of anilines is 1. The number of thioether (sulfide) groups is 1. The Morgan fingerprint density at radius 3 is 2.50 bits per heavy atom. The summed E-state index contributed by atoms with van der Waals surface area (Å²) in [4.78, 5) is 30.3. The fraction of sp³-hybridized carbons (Fsp3) is 0.259. The van der Waals surface area contributed by atoms with E-state index in [1.165, 1.54) is 11.8 Å².